The third-order valence-corrected chi connectivity index (χ3v) is 6.23. The maximum atomic E-state index is 3.53. The van der Waals surface area contributed by atoms with Crippen molar-refractivity contribution in [2.75, 3.05) is 23.7 Å². The summed E-state index contributed by atoms with van der Waals surface area (Å²) in [5.74, 6) is 0. The van der Waals surface area contributed by atoms with Gasteiger partial charge >= 0.3 is 0 Å². The third kappa shape index (κ3) is 3.59. The Morgan fingerprint density at radius 2 is 0.885 bits per heavy atom. The molecule has 2 aliphatic rings. The van der Waals surface area contributed by atoms with Crippen molar-refractivity contribution in [3.8, 4) is 0 Å². The Balaban J connectivity index is 1.74. The molecule has 0 amide bonds. The van der Waals surface area contributed by atoms with Crippen molar-refractivity contribution in [2.24, 2.45) is 0 Å². The van der Waals surface area contributed by atoms with E-state index < -0.39 is 0 Å². The zero-order valence-electron chi connectivity index (χ0n) is 14.9. The predicted molar refractivity (Wildman–Crippen MR) is 120 cm³/mol. The lowest BCUT2D eigenvalue weighted by Crippen LogP contribution is -2.35. The largest absolute Gasteiger partial charge is 0.353 e. The van der Waals surface area contributed by atoms with Gasteiger partial charge in [0.15, 0.2) is 0 Å². The highest BCUT2D eigenvalue weighted by Crippen LogP contribution is 2.08. The summed E-state index contributed by atoms with van der Waals surface area (Å²) < 4.78 is 0. The van der Waals surface area contributed by atoms with E-state index >= 15 is 0 Å². The van der Waals surface area contributed by atoms with Crippen LogP contribution in [-0.4, -0.2) is 33.5 Å². The Morgan fingerprint density at radius 3 is 1.19 bits per heavy atom. The van der Waals surface area contributed by atoms with Crippen LogP contribution < -0.4 is 20.9 Å². The summed E-state index contributed by atoms with van der Waals surface area (Å²) in [5, 5.41) is 10.4. The summed E-state index contributed by atoms with van der Waals surface area (Å²) >= 11 is 7.05. The van der Waals surface area contributed by atoms with Gasteiger partial charge in [-0.05, 0) is 46.6 Å². The van der Waals surface area contributed by atoms with Crippen LogP contribution in [0.4, 0.5) is 0 Å². The molecule has 2 aliphatic heterocycles. The van der Waals surface area contributed by atoms with Crippen molar-refractivity contribution >= 4 is 67.4 Å². The first kappa shape index (κ1) is 18.1. The Kier molecular flexibility index (Phi) is 5.70. The fraction of sp³-hybridized carbons (Fsp3) is 0.364. The Labute approximate surface area is 171 Å². The number of halogens is 2. The van der Waals surface area contributed by atoms with E-state index in [4.69, 9.17) is 0 Å². The summed E-state index contributed by atoms with van der Waals surface area (Å²) in [4.78, 5) is 4.70. The van der Waals surface area contributed by atoms with Crippen LogP contribution in [0, 0.1) is 0 Å². The Morgan fingerprint density at radius 1 is 0.538 bits per heavy atom. The third-order valence-electron chi connectivity index (χ3n) is 5.11. The molecule has 0 N–H and O–H groups in total. The molecule has 0 saturated heterocycles. The minimum atomic E-state index is 1.08. The zero-order valence-corrected chi connectivity index (χ0v) is 18.1. The van der Waals surface area contributed by atoms with Crippen molar-refractivity contribution < 1.29 is 0 Å². The van der Waals surface area contributed by atoms with Gasteiger partial charge in [0.05, 0.1) is 0 Å². The predicted octanol–water partition coefficient (Wildman–Crippen LogP) is 2.77. The van der Waals surface area contributed by atoms with Gasteiger partial charge < -0.3 is 9.80 Å². The summed E-state index contributed by atoms with van der Waals surface area (Å²) in [6, 6.07) is 9.14. The molecule has 0 saturated carbocycles. The fourth-order valence-corrected chi connectivity index (χ4v) is 4.65. The fourth-order valence-electron chi connectivity index (χ4n) is 3.86. The number of hydrogen-bond acceptors (Lipinski definition) is 2. The van der Waals surface area contributed by atoms with Gasteiger partial charge in [0.2, 0.25) is 0 Å². The number of alkyl halides is 2. The van der Waals surface area contributed by atoms with Crippen LogP contribution in [0.2, 0.25) is 0 Å². The topological polar surface area (TPSA) is 6.48 Å². The standard InChI is InChI=1S/C22H24Br2N2/c23-9-1-3-11-25-13-17-5-7-19-15-26(12-4-2-10-24)16-20-8-6-18(14-25)21(17)22(19)20/h5-8,13-16H,1-4,9-12H2. The zero-order chi connectivity index (χ0) is 17.9. The molecule has 2 aromatic carbocycles. The number of hydrogen-bond donors (Lipinski definition) is 0. The number of benzene rings is 2. The highest BCUT2D eigenvalue weighted by molar-refractivity contribution is 9.09. The van der Waals surface area contributed by atoms with Gasteiger partial charge in [-0.2, -0.15) is 0 Å². The molecular weight excluding hydrogens is 452 g/mol. The molecule has 0 unspecified atom stereocenters. The Bertz CT molecular complexity index is 887. The molecule has 0 spiro atoms. The van der Waals surface area contributed by atoms with E-state index in [-0.39, 0.29) is 0 Å². The molecule has 2 aromatic rings. The van der Waals surface area contributed by atoms with Crippen LogP contribution in [0.25, 0.3) is 35.6 Å². The molecular formula is C22H24Br2N2. The highest BCUT2D eigenvalue weighted by atomic mass is 79.9. The van der Waals surface area contributed by atoms with Gasteiger partial charge in [-0.3, -0.25) is 0 Å². The van der Waals surface area contributed by atoms with Crippen molar-refractivity contribution in [1.82, 2.24) is 9.80 Å². The van der Waals surface area contributed by atoms with E-state index in [9.17, 15) is 0 Å². The van der Waals surface area contributed by atoms with Crippen molar-refractivity contribution in [3.05, 3.63) is 45.1 Å². The van der Waals surface area contributed by atoms with Crippen molar-refractivity contribution in [1.29, 1.82) is 0 Å². The van der Waals surface area contributed by atoms with Crippen LogP contribution in [0.3, 0.4) is 0 Å². The molecule has 26 heavy (non-hydrogen) atoms. The van der Waals surface area contributed by atoms with Crippen LogP contribution in [0.1, 0.15) is 25.7 Å². The van der Waals surface area contributed by atoms with Crippen LogP contribution >= 0.6 is 31.9 Å². The molecule has 0 fully saturated rings. The molecule has 4 rings (SSSR count). The first-order valence-corrected chi connectivity index (χ1v) is 11.7. The maximum Gasteiger partial charge on any atom is 0.0220 e. The van der Waals surface area contributed by atoms with Crippen LogP contribution in [-0.2, 0) is 0 Å². The van der Waals surface area contributed by atoms with Gasteiger partial charge in [0.25, 0.3) is 0 Å². The maximum absolute atomic E-state index is 3.53. The molecule has 0 aromatic heterocycles. The normalized spacial score (nSPS) is 14.5. The summed E-state index contributed by atoms with van der Waals surface area (Å²) in [6.07, 6.45) is 14.1. The lowest BCUT2D eigenvalue weighted by Gasteiger charge is -2.22. The van der Waals surface area contributed by atoms with Crippen molar-refractivity contribution in [2.45, 2.75) is 25.7 Å². The summed E-state index contributed by atoms with van der Waals surface area (Å²) in [6.45, 7) is 2.16. The second-order valence-corrected chi connectivity index (χ2v) is 8.61. The molecule has 4 heteroatoms. The average Bonchev–Trinajstić information content (AvgIpc) is 2.66. The second kappa shape index (κ2) is 8.18. The second-order valence-electron chi connectivity index (χ2n) is 7.02. The molecule has 0 atom stereocenters. The number of rotatable bonds is 8. The van der Waals surface area contributed by atoms with Crippen molar-refractivity contribution in [3.63, 3.8) is 0 Å². The first-order valence-electron chi connectivity index (χ1n) is 9.43. The molecule has 0 aliphatic carbocycles. The van der Waals surface area contributed by atoms with Gasteiger partial charge in [0, 0.05) is 59.3 Å². The smallest absolute Gasteiger partial charge is 0.0220 e. The summed E-state index contributed by atoms with van der Waals surface area (Å²) in [7, 11) is 0. The van der Waals surface area contributed by atoms with Gasteiger partial charge in [0.1, 0.15) is 0 Å². The lowest BCUT2D eigenvalue weighted by molar-refractivity contribution is 0.555. The molecule has 0 bridgehead atoms. The van der Waals surface area contributed by atoms with E-state index in [0.717, 1.165) is 23.7 Å². The monoisotopic (exact) mass is 474 g/mol. The van der Waals surface area contributed by atoms with E-state index in [2.05, 4.69) is 90.7 Å². The van der Waals surface area contributed by atoms with Gasteiger partial charge in [-0.15, -0.1) is 0 Å². The number of nitrogens with zero attached hydrogens (tertiary/aromatic N) is 2. The molecule has 136 valence electrons. The van der Waals surface area contributed by atoms with Gasteiger partial charge in [-0.1, -0.05) is 56.1 Å². The molecule has 2 nitrogen and oxygen atoms in total. The average molecular weight is 476 g/mol. The quantitative estimate of drug-likeness (QED) is 0.428. The van der Waals surface area contributed by atoms with Gasteiger partial charge in [-0.25, -0.2) is 0 Å². The highest BCUT2D eigenvalue weighted by Gasteiger charge is 2.11. The Hall–Kier alpha value is -1.26. The first-order chi connectivity index (χ1) is 12.8. The van der Waals surface area contributed by atoms with E-state index in [0.29, 0.717) is 0 Å². The van der Waals surface area contributed by atoms with Crippen LogP contribution in [0.5, 0.6) is 0 Å². The van der Waals surface area contributed by atoms with Crippen LogP contribution in [0.15, 0.2) is 24.3 Å². The molecule has 0 radical (unpaired) electrons. The SMILES string of the molecule is BrCCCCN1C=c2ccc3c4c(ccc(c24)=C1)=CN(CCCCBr)C=3. The van der Waals surface area contributed by atoms with E-state index in [1.165, 1.54) is 57.3 Å². The molecule has 2 heterocycles. The minimum Gasteiger partial charge on any atom is -0.353 e. The summed E-state index contributed by atoms with van der Waals surface area (Å²) in [5.41, 5.74) is 0. The lowest BCUT2D eigenvalue weighted by atomic mass is 9.99. The number of unbranched alkanes of at least 4 members (excludes halogenated alkanes) is 2. The minimum absolute atomic E-state index is 1.08. The van der Waals surface area contributed by atoms with E-state index in [1.54, 1.807) is 0 Å². The van der Waals surface area contributed by atoms with E-state index in [1.807, 2.05) is 0 Å².